The van der Waals surface area contributed by atoms with Crippen molar-refractivity contribution in [1.82, 2.24) is 15.1 Å². The first-order valence-electron chi connectivity index (χ1n) is 3.36. The molecule has 2 N–H and O–H groups in total. The smallest absolute Gasteiger partial charge is 0.0847 e. The van der Waals surface area contributed by atoms with Gasteiger partial charge in [-0.05, 0) is 19.1 Å². The molecule has 0 saturated heterocycles. The molecule has 58 valence electrons. The van der Waals surface area contributed by atoms with Crippen LogP contribution in [0.25, 0.3) is 0 Å². The Hall–Kier alpha value is -1.06. The molecular formula is C6H14N4. The van der Waals surface area contributed by atoms with Gasteiger partial charge in [0.05, 0.1) is 11.4 Å². The lowest BCUT2D eigenvalue weighted by Gasteiger charge is -1.88. The molecule has 0 saturated carbocycles. The molecule has 0 aliphatic carbocycles. The summed E-state index contributed by atoms with van der Waals surface area (Å²) in [5.74, 6) is 5.28. The van der Waals surface area contributed by atoms with Gasteiger partial charge in [0.25, 0.3) is 0 Å². The predicted molar refractivity (Wildman–Crippen MR) is 41.0 cm³/mol. The standard InChI is InChI=1S/C4H8N4.C2H6/c1-3-4(2)8(5)7-6-3;1-2/h5H2,1-2H3;1-2H3. The van der Waals surface area contributed by atoms with E-state index in [1.54, 1.807) is 0 Å². The SMILES string of the molecule is CC.Cc1nnn(N)c1C. The fraction of sp³-hybridized carbons (Fsp3) is 0.667. The fourth-order valence-electron chi connectivity index (χ4n) is 0.420. The predicted octanol–water partition coefficient (Wildman–Crippen LogP) is 0.635. The Labute approximate surface area is 61.0 Å². The molecule has 0 amide bonds. The van der Waals surface area contributed by atoms with E-state index in [1.807, 2.05) is 27.7 Å². The number of rotatable bonds is 0. The second-order valence-electron chi connectivity index (χ2n) is 1.70. The van der Waals surface area contributed by atoms with Crippen LogP contribution in [0.1, 0.15) is 25.2 Å². The molecule has 1 aromatic rings. The number of aromatic nitrogens is 3. The van der Waals surface area contributed by atoms with Crippen LogP contribution in [0, 0.1) is 13.8 Å². The van der Waals surface area contributed by atoms with Gasteiger partial charge in [0.1, 0.15) is 0 Å². The van der Waals surface area contributed by atoms with Crippen LogP contribution >= 0.6 is 0 Å². The van der Waals surface area contributed by atoms with Gasteiger partial charge in [0.2, 0.25) is 0 Å². The summed E-state index contributed by atoms with van der Waals surface area (Å²) in [4.78, 5) is 1.26. The molecule has 4 nitrogen and oxygen atoms in total. The lowest BCUT2D eigenvalue weighted by Crippen LogP contribution is -2.11. The zero-order valence-electron chi connectivity index (χ0n) is 6.92. The summed E-state index contributed by atoms with van der Waals surface area (Å²) in [7, 11) is 0. The summed E-state index contributed by atoms with van der Waals surface area (Å²) in [5, 5.41) is 7.26. The average Bonchev–Trinajstić information content (AvgIpc) is 2.25. The van der Waals surface area contributed by atoms with Gasteiger partial charge in [-0.2, -0.15) is 4.79 Å². The molecule has 4 heteroatoms. The summed E-state index contributed by atoms with van der Waals surface area (Å²) in [6.07, 6.45) is 0. The Kier molecular flexibility index (Phi) is 3.46. The third-order valence-electron chi connectivity index (χ3n) is 1.16. The zero-order valence-corrected chi connectivity index (χ0v) is 6.92. The third kappa shape index (κ3) is 1.72. The zero-order chi connectivity index (χ0) is 8.15. The monoisotopic (exact) mass is 142 g/mol. The van der Waals surface area contributed by atoms with E-state index in [9.17, 15) is 0 Å². The van der Waals surface area contributed by atoms with Crippen LogP contribution < -0.4 is 5.84 Å². The molecule has 0 aliphatic heterocycles. The first kappa shape index (κ1) is 8.94. The molecule has 0 unspecified atom stereocenters. The number of aryl methyl sites for hydroxylation is 1. The van der Waals surface area contributed by atoms with Crippen molar-refractivity contribution in [3.8, 4) is 0 Å². The lowest BCUT2D eigenvalue weighted by atomic mass is 10.4. The van der Waals surface area contributed by atoms with Crippen molar-refractivity contribution in [3.63, 3.8) is 0 Å². The minimum Gasteiger partial charge on any atom is -0.322 e. The summed E-state index contributed by atoms with van der Waals surface area (Å²) >= 11 is 0. The van der Waals surface area contributed by atoms with Crippen molar-refractivity contribution in [2.75, 3.05) is 5.84 Å². The largest absolute Gasteiger partial charge is 0.322 e. The van der Waals surface area contributed by atoms with E-state index in [0.717, 1.165) is 11.4 Å². The highest BCUT2D eigenvalue weighted by Crippen LogP contribution is 1.94. The summed E-state index contributed by atoms with van der Waals surface area (Å²) < 4.78 is 0. The van der Waals surface area contributed by atoms with E-state index >= 15 is 0 Å². The summed E-state index contributed by atoms with van der Waals surface area (Å²) in [6, 6.07) is 0. The number of hydrogen-bond acceptors (Lipinski definition) is 3. The van der Waals surface area contributed by atoms with E-state index in [4.69, 9.17) is 5.84 Å². The van der Waals surface area contributed by atoms with Crippen LogP contribution in [0.4, 0.5) is 0 Å². The number of hydrogen-bond donors (Lipinski definition) is 1. The maximum atomic E-state index is 5.28. The van der Waals surface area contributed by atoms with E-state index in [1.165, 1.54) is 4.79 Å². The van der Waals surface area contributed by atoms with Crippen molar-refractivity contribution in [1.29, 1.82) is 0 Å². The second kappa shape index (κ2) is 3.87. The van der Waals surface area contributed by atoms with Crippen molar-refractivity contribution in [3.05, 3.63) is 11.4 Å². The van der Waals surface area contributed by atoms with E-state index in [2.05, 4.69) is 10.3 Å². The maximum absolute atomic E-state index is 5.28. The van der Waals surface area contributed by atoms with Gasteiger partial charge in [0, 0.05) is 0 Å². The lowest BCUT2D eigenvalue weighted by molar-refractivity contribution is 0.746. The normalized spacial score (nSPS) is 8.40. The van der Waals surface area contributed by atoms with Crippen LogP contribution in [0.2, 0.25) is 0 Å². The Morgan fingerprint density at radius 1 is 1.30 bits per heavy atom. The Morgan fingerprint density at radius 3 is 1.90 bits per heavy atom. The summed E-state index contributed by atoms with van der Waals surface area (Å²) in [5.41, 5.74) is 1.79. The van der Waals surface area contributed by atoms with Crippen LogP contribution in [0.15, 0.2) is 0 Å². The highest BCUT2D eigenvalue weighted by Gasteiger charge is 1.96. The van der Waals surface area contributed by atoms with Crippen molar-refractivity contribution >= 4 is 0 Å². The Bertz CT molecular complexity index is 172. The highest BCUT2D eigenvalue weighted by molar-refractivity contribution is 5.03. The van der Waals surface area contributed by atoms with Gasteiger partial charge >= 0.3 is 0 Å². The van der Waals surface area contributed by atoms with Crippen molar-refractivity contribution in [2.24, 2.45) is 0 Å². The topological polar surface area (TPSA) is 56.7 Å². The maximum Gasteiger partial charge on any atom is 0.0847 e. The van der Waals surface area contributed by atoms with Gasteiger partial charge in [-0.25, -0.2) is 0 Å². The highest BCUT2D eigenvalue weighted by atomic mass is 15.6. The minimum absolute atomic E-state index is 0.882. The molecule has 0 fully saturated rings. The number of nitrogen functional groups attached to an aromatic ring is 1. The molecule has 0 aromatic carbocycles. The number of nitrogens with two attached hydrogens (primary N) is 1. The fourth-order valence-corrected chi connectivity index (χ4v) is 0.420. The molecule has 0 spiro atoms. The molecular weight excluding hydrogens is 128 g/mol. The average molecular weight is 142 g/mol. The first-order valence-corrected chi connectivity index (χ1v) is 3.36. The molecule has 0 atom stereocenters. The molecule has 10 heavy (non-hydrogen) atoms. The molecule has 1 heterocycles. The molecule has 1 rings (SSSR count). The minimum atomic E-state index is 0.882. The van der Waals surface area contributed by atoms with Gasteiger partial charge in [-0.3, -0.25) is 0 Å². The Morgan fingerprint density at radius 2 is 1.80 bits per heavy atom. The van der Waals surface area contributed by atoms with Crippen LogP contribution in [-0.2, 0) is 0 Å². The van der Waals surface area contributed by atoms with Crippen LogP contribution in [-0.4, -0.2) is 15.1 Å². The van der Waals surface area contributed by atoms with Crippen LogP contribution in [0.5, 0.6) is 0 Å². The van der Waals surface area contributed by atoms with Gasteiger partial charge in [-0.15, -0.1) is 5.10 Å². The van der Waals surface area contributed by atoms with Gasteiger partial charge in [0.15, 0.2) is 0 Å². The van der Waals surface area contributed by atoms with E-state index in [0.29, 0.717) is 0 Å². The quantitative estimate of drug-likeness (QED) is 0.541. The molecule has 0 radical (unpaired) electrons. The van der Waals surface area contributed by atoms with Crippen molar-refractivity contribution in [2.45, 2.75) is 27.7 Å². The molecule has 1 aromatic heterocycles. The van der Waals surface area contributed by atoms with Gasteiger partial charge < -0.3 is 5.84 Å². The molecule has 0 aliphatic rings. The van der Waals surface area contributed by atoms with Gasteiger partial charge in [-0.1, -0.05) is 13.8 Å². The van der Waals surface area contributed by atoms with Crippen LogP contribution in [0.3, 0.4) is 0 Å². The Balaban J connectivity index is 0.000000371. The van der Waals surface area contributed by atoms with E-state index in [-0.39, 0.29) is 0 Å². The van der Waals surface area contributed by atoms with Crippen molar-refractivity contribution < 1.29 is 0 Å². The number of nitrogens with zero attached hydrogens (tertiary/aromatic N) is 3. The first-order chi connectivity index (χ1) is 4.72. The van der Waals surface area contributed by atoms with E-state index < -0.39 is 0 Å². The third-order valence-corrected chi connectivity index (χ3v) is 1.16. The second-order valence-corrected chi connectivity index (χ2v) is 1.70. The summed E-state index contributed by atoms with van der Waals surface area (Å²) in [6.45, 7) is 7.74. The molecule has 0 bridgehead atoms.